The second-order valence-electron chi connectivity index (χ2n) is 6.98. The number of carbonyl (C=O) groups excluding carboxylic acids is 1. The van der Waals surface area contributed by atoms with E-state index in [1.54, 1.807) is 31.4 Å². The molecule has 1 heterocycles. The zero-order valence-corrected chi connectivity index (χ0v) is 16.8. The minimum absolute atomic E-state index is 0.227. The summed E-state index contributed by atoms with van der Waals surface area (Å²) in [6.07, 6.45) is 0.227. The molecule has 2 aromatic carbocycles. The Balaban J connectivity index is 1.90. The molecule has 0 bridgehead atoms. The first-order chi connectivity index (χ1) is 12.7. The van der Waals surface area contributed by atoms with Crippen LogP contribution in [0, 0.1) is 13.8 Å². The molecule has 1 aliphatic rings. The normalized spacial score (nSPS) is 21.1. The molecular formula is C20H24N2O4S. The second kappa shape index (κ2) is 6.88. The van der Waals surface area contributed by atoms with Gasteiger partial charge in [-0.3, -0.25) is 9.10 Å². The van der Waals surface area contributed by atoms with E-state index < -0.39 is 20.7 Å². The van der Waals surface area contributed by atoms with Crippen LogP contribution < -0.4 is 14.4 Å². The Morgan fingerprint density at radius 2 is 1.70 bits per heavy atom. The molecule has 1 atom stereocenters. The van der Waals surface area contributed by atoms with Crippen LogP contribution >= 0.6 is 0 Å². The van der Waals surface area contributed by atoms with Gasteiger partial charge in [0.25, 0.3) is 0 Å². The maximum Gasteiger partial charge on any atom is 0.249 e. The SMILES string of the molecule is COc1ccc(NC(=O)C2(C)CCN(c3c(C)cccc3C)S2(=O)=O)cc1. The summed E-state index contributed by atoms with van der Waals surface area (Å²) >= 11 is 0. The maximum absolute atomic E-state index is 13.3. The van der Waals surface area contributed by atoms with E-state index in [0.29, 0.717) is 17.1 Å². The van der Waals surface area contributed by atoms with Crippen LogP contribution in [0.3, 0.4) is 0 Å². The third kappa shape index (κ3) is 3.16. The number of carbonyl (C=O) groups is 1. The predicted octanol–water partition coefficient (Wildman–Crippen LogP) is 3.25. The molecule has 0 radical (unpaired) electrons. The van der Waals surface area contributed by atoms with Crippen molar-refractivity contribution in [3.63, 3.8) is 0 Å². The number of amides is 1. The van der Waals surface area contributed by atoms with Crippen molar-refractivity contribution in [3.8, 4) is 5.75 Å². The molecule has 3 rings (SSSR count). The lowest BCUT2D eigenvalue weighted by molar-refractivity contribution is -0.118. The number of methoxy groups -OCH3 is 1. The number of aryl methyl sites for hydroxylation is 2. The molecule has 1 amide bonds. The van der Waals surface area contributed by atoms with Crippen molar-refractivity contribution < 1.29 is 17.9 Å². The van der Waals surface area contributed by atoms with Crippen molar-refractivity contribution in [1.29, 1.82) is 0 Å². The molecule has 2 aromatic rings. The number of nitrogens with one attached hydrogen (secondary N) is 1. The average Bonchev–Trinajstić information content (AvgIpc) is 2.87. The lowest BCUT2D eigenvalue weighted by Gasteiger charge is -2.27. The number of hydrogen-bond acceptors (Lipinski definition) is 4. The molecule has 1 aliphatic heterocycles. The molecule has 1 fully saturated rings. The monoisotopic (exact) mass is 388 g/mol. The lowest BCUT2D eigenvalue weighted by atomic mass is 10.1. The van der Waals surface area contributed by atoms with Gasteiger partial charge in [0.1, 0.15) is 5.75 Å². The minimum atomic E-state index is -3.86. The zero-order valence-electron chi connectivity index (χ0n) is 15.9. The Morgan fingerprint density at radius 1 is 1.11 bits per heavy atom. The highest BCUT2D eigenvalue weighted by Gasteiger charge is 2.55. The standard InChI is InChI=1S/C20H24N2O4S/c1-14-6-5-7-15(2)18(14)22-13-12-20(3,27(22,24)25)19(23)21-16-8-10-17(26-4)11-9-16/h5-11H,12-13H2,1-4H3,(H,21,23). The molecule has 0 aliphatic carbocycles. The summed E-state index contributed by atoms with van der Waals surface area (Å²) in [5, 5.41) is 2.73. The fourth-order valence-electron chi connectivity index (χ4n) is 3.41. The number of rotatable bonds is 4. The number of nitrogens with zero attached hydrogens (tertiary/aromatic N) is 1. The van der Waals surface area contributed by atoms with Gasteiger partial charge in [-0.1, -0.05) is 18.2 Å². The fraction of sp³-hybridized carbons (Fsp3) is 0.350. The van der Waals surface area contributed by atoms with Gasteiger partial charge in [0.15, 0.2) is 4.75 Å². The van der Waals surface area contributed by atoms with E-state index in [4.69, 9.17) is 4.74 Å². The Bertz CT molecular complexity index is 950. The first-order valence-electron chi connectivity index (χ1n) is 8.75. The zero-order chi connectivity index (χ0) is 19.8. The smallest absolute Gasteiger partial charge is 0.249 e. The third-order valence-electron chi connectivity index (χ3n) is 5.17. The van der Waals surface area contributed by atoms with Crippen LogP contribution in [0.25, 0.3) is 0 Å². The topological polar surface area (TPSA) is 75.7 Å². The largest absolute Gasteiger partial charge is 0.497 e. The highest BCUT2D eigenvalue weighted by Crippen LogP contribution is 2.40. The number of para-hydroxylation sites is 1. The van der Waals surface area contributed by atoms with Crippen molar-refractivity contribution in [3.05, 3.63) is 53.6 Å². The summed E-state index contributed by atoms with van der Waals surface area (Å²) in [6.45, 7) is 5.53. The van der Waals surface area contributed by atoms with Crippen molar-refractivity contribution >= 4 is 27.3 Å². The molecular weight excluding hydrogens is 364 g/mol. The Hall–Kier alpha value is -2.54. The molecule has 1 saturated heterocycles. The van der Waals surface area contributed by atoms with Crippen LogP contribution in [0.5, 0.6) is 5.75 Å². The summed E-state index contributed by atoms with van der Waals surface area (Å²) in [5.41, 5.74) is 2.94. The quantitative estimate of drug-likeness (QED) is 0.872. The number of hydrogen-bond donors (Lipinski definition) is 1. The third-order valence-corrected chi connectivity index (χ3v) is 7.64. The van der Waals surface area contributed by atoms with Gasteiger partial charge < -0.3 is 10.1 Å². The van der Waals surface area contributed by atoms with E-state index in [-0.39, 0.29) is 13.0 Å². The molecule has 144 valence electrons. The van der Waals surface area contributed by atoms with E-state index in [2.05, 4.69) is 5.32 Å². The van der Waals surface area contributed by atoms with Crippen molar-refractivity contribution in [2.75, 3.05) is 23.3 Å². The second-order valence-corrected chi connectivity index (χ2v) is 9.27. The summed E-state index contributed by atoms with van der Waals surface area (Å²) in [4.78, 5) is 12.9. The van der Waals surface area contributed by atoms with Crippen LogP contribution in [0.4, 0.5) is 11.4 Å². The number of ether oxygens (including phenoxy) is 1. The van der Waals surface area contributed by atoms with Crippen LogP contribution in [0.15, 0.2) is 42.5 Å². The summed E-state index contributed by atoms with van der Waals surface area (Å²) in [6, 6.07) is 12.5. The number of benzene rings is 2. The highest BCUT2D eigenvalue weighted by molar-refractivity contribution is 7.95. The molecule has 0 aromatic heterocycles. The molecule has 27 heavy (non-hydrogen) atoms. The van der Waals surface area contributed by atoms with Gasteiger partial charge >= 0.3 is 0 Å². The lowest BCUT2D eigenvalue weighted by Crippen LogP contribution is -2.47. The van der Waals surface area contributed by atoms with Gasteiger partial charge in [0, 0.05) is 12.2 Å². The van der Waals surface area contributed by atoms with E-state index >= 15 is 0 Å². The van der Waals surface area contributed by atoms with Crippen LogP contribution in [-0.2, 0) is 14.8 Å². The Labute approximate surface area is 160 Å². The molecule has 7 heteroatoms. The molecule has 6 nitrogen and oxygen atoms in total. The van der Waals surface area contributed by atoms with Crippen molar-refractivity contribution in [1.82, 2.24) is 0 Å². The molecule has 0 spiro atoms. The van der Waals surface area contributed by atoms with Gasteiger partial charge in [0.05, 0.1) is 12.8 Å². The molecule has 1 N–H and O–H groups in total. The Kier molecular flexibility index (Phi) is 4.90. The van der Waals surface area contributed by atoms with Gasteiger partial charge in [-0.2, -0.15) is 0 Å². The highest BCUT2D eigenvalue weighted by atomic mass is 32.2. The average molecular weight is 388 g/mol. The molecule has 1 unspecified atom stereocenters. The van der Waals surface area contributed by atoms with Crippen LogP contribution in [0.2, 0.25) is 0 Å². The maximum atomic E-state index is 13.3. The van der Waals surface area contributed by atoms with Gasteiger partial charge in [-0.15, -0.1) is 0 Å². The van der Waals surface area contributed by atoms with Gasteiger partial charge in [-0.25, -0.2) is 8.42 Å². The van der Waals surface area contributed by atoms with Crippen LogP contribution in [0.1, 0.15) is 24.5 Å². The first-order valence-corrected chi connectivity index (χ1v) is 10.2. The summed E-state index contributed by atoms with van der Waals surface area (Å²) in [5.74, 6) is 0.135. The number of sulfonamides is 1. The van der Waals surface area contributed by atoms with Gasteiger partial charge in [0.2, 0.25) is 15.9 Å². The fourth-order valence-corrected chi connectivity index (χ4v) is 5.39. The van der Waals surface area contributed by atoms with Gasteiger partial charge in [-0.05, 0) is 62.6 Å². The van der Waals surface area contributed by atoms with E-state index in [0.717, 1.165) is 11.1 Å². The summed E-state index contributed by atoms with van der Waals surface area (Å²) < 4.78 is 31.5. The van der Waals surface area contributed by atoms with E-state index in [1.165, 1.54) is 11.2 Å². The Morgan fingerprint density at radius 3 is 2.26 bits per heavy atom. The predicted molar refractivity (Wildman–Crippen MR) is 107 cm³/mol. The first kappa shape index (κ1) is 19.2. The number of anilines is 2. The summed E-state index contributed by atoms with van der Waals surface area (Å²) in [7, 11) is -2.30. The van der Waals surface area contributed by atoms with E-state index in [1.807, 2.05) is 32.0 Å². The minimum Gasteiger partial charge on any atom is -0.497 e. The van der Waals surface area contributed by atoms with Crippen molar-refractivity contribution in [2.45, 2.75) is 31.9 Å². The van der Waals surface area contributed by atoms with E-state index in [9.17, 15) is 13.2 Å². The van der Waals surface area contributed by atoms with Crippen LogP contribution in [-0.4, -0.2) is 32.7 Å². The molecule has 0 saturated carbocycles. The van der Waals surface area contributed by atoms with Crippen molar-refractivity contribution in [2.24, 2.45) is 0 Å².